The van der Waals surface area contributed by atoms with Crippen molar-refractivity contribution >= 4 is 21.7 Å². The van der Waals surface area contributed by atoms with Crippen LogP contribution < -0.4 is 5.32 Å². The molecule has 6 nitrogen and oxygen atoms in total. The molecule has 1 aromatic carbocycles. The Balaban J connectivity index is 1.94. The molecule has 0 aliphatic carbocycles. The van der Waals surface area contributed by atoms with Crippen molar-refractivity contribution in [1.82, 2.24) is 9.29 Å². The molecule has 1 N–H and O–H groups in total. The first-order chi connectivity index (χ1) is 13.2. The zero-order valence-corrected chi connectivity index (χ0v) is 17.6. The van der Waals surface area contributed by atoms with Crippen LogP contribution in [0.15, 0.2) is 35.4 Å². The molecule has 1 aromatic heterocycles. The van der Waals surface area contributed by atoms with Crippen LogP contribution >= 0.6 is 0 Å². The molecular formula is C21H27N3O3S. The van der Waals surface area contributed by atoms with Crippen molar-refractivity contribution in [3.8, 4) is 0 Å². The minimum atomic E-state index is -3.64. The first kappa shape index (κ1) is 20.5. The number of carbonyl (C=O) groups excluding carboxylic acids is 1. The van der Waals surface area contributed by atoms with Gasteiger partial charge in [0, 0.05) is 24.8 Å². The minimum Gasteiger partial charge on any atom is -0.306 e. The molecule has 0 atom stereocenters. The summed E-state index contributed by atoms with van der Waals surface area (Å²) >= 11 is 0. The van der Waals surface area contributed by atoms with Crippen LogP contribution in [0.3, 0.4) is 0 Å². The highest BCUT2D eigenvalue weighted by molar-refractivity contribution is 7.89. The number of anilines is 1. The molecule has 0 radical (unpaired) electrons. The van der Waals surface area contributed by atoms with Crippen molar-refractivity contribution in [3.05, 3.63) is 52.7 Å². The van der Waals surface area contributed by atoms with Crippen LogP contribution in [0.25, 0.3) is 0 Å². The van der Waals surface area contributed by atoms with E-state index in [9.17, 15) is 13.2 Å². The second kappa shape index (κ2) is 8.01. The van der Waals surface area contributed by atoms with E-state index < -0.39 is 10.0 Å². The fraction of sp³-hybridized carbons (Fsp3) is 0.429. The maximum atomic E-state index is 13.2. The summed E-state index contributed by atoms with van der Waals surface area (Å²) in [6.45, 7) is 8.66. The van der Waals surface area contributed by atoms with Gasteiger partial charge in [0.15, 0.2) is 0 Å². The smallest absolute Gasteiger partial charge is 0.256 e. The number of carbonyl (C=O) groups is 1. The summed E-state index contributed by atoms with van der Waals surface area (Å²) in [6.07, 6.45) is 3.32. The van der Waals surface area contributed by atoms with Crippen molar-refractivity contribution in [1.29, 1.82) is 0 Å². The van der Waals surface area contributed by atoms with Gasteiger partial charge in [0.1, 0.15) is 5.82 Å². The Morgan fingerprint density at radius 1 is 1.14 bits per heavy atom. The van der Waals surface area contributed by atoms with E-state index in [2.05, 4.69) is 17.2 Å². The molecule has 1 aliphatic heterocycles. The number of amides is 1. The van der Waals surface area contributed by atoms with Crippen LogP contribution in [0.5, 0.6) is 0 Å². The third-order valence-corrected chi connectivity index (χ3v) is 7.51. The normalized spacial score (nSPS) is 16.1. The van der Waals surface area contributed by atoms with Crippen LogP contribution in [0.1, 0.15) is 46.8 Å². The van der Waals surface area contributed by atoms with Gasteiger partial charge < -0.3 is 5.32 Å². The molecule has 0 unspecified atom stereocenters. The van der Waals surface area contributed by atoms with E-state index in [1.165, 1.54) is 6.07 Å². The number of benzene rings is 1. The summed E-state index contributed by atoms with van der Waals surface area (Å²) in [7, 11) is -3.64. The minimum absolute atomic E-state index is 0.213. The van der Waals surface area contributed by atoms with E-state index in [0.29, 0.717) is 36.0 Å². The summed E-state index contributed by atoms with van der Waals surface area (Å²) in [4.78, 5) is 17.2. The lowest BCUT2D eigenvalue weighted by molar-refractivity contribution is 0.102. The zero-order valence-electron chi connectivity index (χ0n) is 16.8. The maximum Gasteiger partial charge on any atom is 0.256 e. The molecule has 0 bridgehead atoms. The Kier molecular flexibility index (Phi) is 5.86. The van der Waals surface area contributed by atoms with E-state index in [4.69, 9.17) is 0 Å². The monoisotopic (exact) mass is 401 g/mol. The molecule has 1 saturated heterocycles. The molecule has 1 fully saturated rings. The molecule has 2 aromatic rings. The second-order valence-electron chi connectivity index (χ2n) is 7.63. The predicted octanol–water partition coefficient (Wildman–Crippen LogP) is 3.68. The third-order valence-electron chi connectivity index (χ3n) is 5.48. The molecule has 1 aliphatic rings. The zero-order chi connectivity index (χ0) is 20.5. The summed E-state index contributed by atoms with van der Waals surface area (Å²) in [5.41, 5.74) is 2.62. The number of piperidine rings is 1. The van der Waals surface area contributed by atoms with Crippen LogP contribution in [-0.4, -0.2) is 36.7 Å². The average Bonchev–Trinajstić information content (AvgIpc) is 2.65. The number of aryl methyl sites for hydroxylation is 2. The predicted molar refractivity (Wildman–Crippen MR) is 110 cm³/mol. The second-order valence-corrected chi connectivity index (χ2v) is 9.53. The largest absolute Gasteiger partial charge is 0.306 e. The van der Waals surface area contributed by atoms with Crippen molar-refractivity contribution < 1.29 is 13.2 Å². The molecule has 0 spiro atoms. The summed E-state index contributed by atoms with van der Waals surface area (Å²) in [5, 5.41) is 2.78. The Hall–Kier alpha value is -2.25. The third kappa shape index (κ3) is 4.10. The number of nitrogens with one attached hydrogen (secondary N) is 1. The van der Waals surface area contributed by atoms with Gasteiger partial charge in [0.2, 0.25) is 10.0 Å². The van der Waals surface area contributed by atoms with Gasteiger partial charge in [0.05, 0.1) is 4.90 Å². The first-order valence-corrected chi connectivity index (χ1v) is 11.0. The highest BCUT2D eigenvalue weighted by atomic mass is 32.2. The number of rotatable bonds is 4. The van der Waals surface area contributed by atoms with Crippen molar-refractivity contribution in [2.45, 2.75) is 45.4 Å². The summed E-state index contributed by atoms with van der Waals surface area (Å²) in [6, 6.07) is 6.87. The van der Waals surface area contributed by atoms with E-state index in [1.807, 2.05) is 19.9 Å². The standard InChI is InChI=1S/C21H27N3O3S/c1-14-7-10-24(11-8-14)28(26,27)19-13-18(12-16(3)17(19)4)21(25)23-20-15(2)6-5-9-22-20/h5-6,9,12-14H,7-8,10-11H2,1-4H3,(H,22,23,25). The van der Waals surface area contributed by atoms with E-state index >= 15 is 0 Å². The summed E-state index contributed by atoms with van der Waals surface area (Å²) in [5.74, 6) is 0.641. The number of aromatic nitrogens is 1. The van der Waals surface area contributed by atoms with Gasteiger partial charge in [-0.25, -0.2) is 13.4 Å². The highest BCUT2D eigenvalue weighted by Gasteiger charge is 2.30. The van der Waals surface area contributed by atoms with Gasteiger partial charge in [-0.1, -0.05) is 13.0 Å². The summed E-state index contributed by atoms with van der Waals surface area (Å²) < 4.78 is 28.0. The van der Waals surface area contributed by atoms with Gasteiger partial charge in [-0.15, -0.1) is 0 Å². The fourth-order valence-corrected chi connectivity index (χ4v) is 5.18. The Labute approximate surface area is 167 Å². The van der Waals surface area contributed by atoms with Gasteiger partial charge in [-0.05, 0) is 74.4 Å². The molecular weight excluding hydrogens is 374 g/mol. The van der Waals surface area contributed by atoms with Crippen LogP contribution in [0, 0.1) is 26.7 Å². The van der Waals surface area contributed by atoms with Gasteiger partial charge in [0.25, 0.3) is 5.91 Å². The Morgan fingerprint density at radius 2 is 1.82 bits per heavy atom. The fourth-order valence-electron chi connectivity index (χ4n) is 3.39. The van der Waals surface area contributed by atoms with Gasteiger partial charge in [-0.2, -0.15) is 4.31 Å². The average molecular weight is 402 g/mol. The van der Waals surface area contributed by atoms with Crippen molar-refractivity contribution in [3.63, 3.8) is 0 Å². The van der Waals surface area contributed by atoms with E-state index in [0.717, 1.165) is 24.0 Å². The van der Waals surface area contributed by atoms with Crippen LogP contribution in [0.4, 0.5) is 5.82 Å². The number of nitrogens with zero attached hydrogens (tertiary/aromatic N) is 2. The molecule has 2 heterocycles. The van der Waals surface area contributed by atoms with Crippen LogP contribution in [-0.2, 0) is 10.0 Å². The van der Waals surface area contributed by atoms with Gasteiger partial charge in [-0.3, -0.25) is 4.79 Å². The molecule has 28 heavy (non-hydrogen) atoms. The number of sulfonamides is 1. The van der Waals surface area contributed by atoms with E-state index in [-0.39, 0.29) is 10.8 Å². The quantitative estimate of drug-likeness (QED) is 0.848. The van der Waals surface area contributed by atoms with Crippen molar-refractivity contribution in [2.75, 3.05) is 18.4 Å². The van der Waals surface area contributed by atoms with Crippen LogP contribution in [0.2, 0.25) is 0 Å². The van der Waals surface area contributed by atoms with Crippen molar-refractivity contribution in [2.24, 2.45) is 5.92 Å². The maximum absolute atomic E-state index is 13.2. The molecule has 7 heteroatoms. The van der Waals surface area contributed by atoms with E-state index in [1.54, 1.807) is 29.6 Å². The number of hydrogen-bond donors (Lipinski definition) is 1. The Morgan fingerprint density at radius 3 is 2.46 bits per heavy atom. The Bertz CT molecular complexity index is 994. The topological polar surface area (TPSA) is 79.4 Å². The number of pyridine rings is 1. The molecule has 0 saturated carbocycles. The first-order valence-electron chi connectivity index (χ1n) is 9.54. The molecule has 1 amide bonds. The molecule has 3 rings (SSSR count). The SMILES string of the molecule is Cc1cccnc1NC(=O)c1cc(C)c(C)c(S(=O)(=O)N2CCC(C)CC2)c1. The lowest BCUT2D eigenvalue weighted by Crippen LogP contribution is -2.38. The number of hydrogen-bond acceptors (Lipinski definition) is 4. The lowest BCUT2D eigenvalue weighted by atomic mass is 10.0. The highest BCUT2D eigenvalue weighted by Crippen LogP contribution is 2.28. The van der Waals surface area contributed by atoms with Gasteiger partial charge >= 0.3 is 0 Å². The lowest BCUT2D eigenvalue weighted by Gasteiger charge is -2.30. The molecule has 150 valence electrons.